The summed E-state index contributed by atoms with van der Waals surface area (Å²) in [6.07, 6.45) is -5.20. The Morgan fingerprint density at radius 1 is 1.04 bits per heavy atom. The minimum Gasteiger partial charge on any atom is -0.394 e. The summed E-state index contributed by atoms with van der Waals surface area (Å²) in [5, 5.41) is 12.2. The van der Waals surface area contributed by atoms with E-state index in [1.165, 1.54) is 24.3 Å². The molecule has 1 atom stereocenters. The SMILES string of the molecule is O=C(NC(CO)c1ccccc1)c1ccc(CCC(F)(F)F)cc1. The summed E-state index contributed by atoms with van der Waals surface area (Å²) in [5.41, 5.74) is 1.63. The molecule has 0 aliphatic carbocycles. The fourth-order valence-electron chi connectivity index (χ4n) is 2.27. The predicted octanol–water partition coefficient (Wildman–Crippen LogP) is 3.64. The maximum atomic E-state index is 12.2. The highest BCUT2D eigenvalue weighted by molar-refractivity contribution is 5.94. The van der Waals surface area contributed by atoms with Crippen LogP contribution in [0.3, 0.4) is 0 Å². The van der Waals surface area contributed by atoms with Crippen LogP contribution in [0.2, 0.25) is 0 Å². The summed E-state index contributed by atoms with van der Waals surface area (Å²) in [4.78, 5) is 12.2. The first-order valence-electron chi connectivity index (χ1n) is 7.51. The number of alkyl halides is 3. The van der Waals surface area contributed by atoms with Gasteiger partial charge in [0.05, 0.1) is 12.6 Å². The van der Waals surface area contributed by atoms with Crippen molar-refractivity contribution in [2.24, 2.45) is 0 Å². The highest BCUT2D eigenvalue weighted by atomic mass is 19.4. The van der Waals surface area contributed by atoms with Crippen molar-refractivity contribution in [3.05, 3.63) is 71.3 Å². The number of benzene rings is 2. The molecule has 1 amide bonds. The van der Waals surface area contributed by atoms with Crippen LogP contribution in [0, 0.1) is 0 Å². The zero-order valence-electron chi connectivity index (χ0n) is 12.9. The van der Waals surface area contributed by atoms with E-state index in [0.717, 1.165) is 5.56 Å². The van der Waals surface area contributed by atoms with Crippen molar-refractivity contribution in [2.75, 3.05) is 6.61 Å². The van der Waals surface area contributed by atoms with Crippen molar-refractivity contribution in [3.8, 4) is 0 Å². The second-order valence-electron chi connectivity index (χ2n) is 5.43. The molecule has 24 heavy (non-hydrogen) atoms. The lowest BCUT2D eigenvalue weighted by atomic mass is 10.0. The number of carbonyl (C=O) groups excluding carboxylic acids is 1. The van der Waals surface area contributed by atoms with Gasteiger partial charge in [-0.1, -0.05) is 42.5 Å². The fourth-order valence-corrected chi connectivity index (χ4v) is 2.27. The standard InChI is InChI=1S/C18H18F3NO2/c19-18(20,21)11-10-13-6-8-15(9-7-13)17(24)22-16(12-23)14-4-2-1-3-5-14/h1-9,16,23H,10-12H2,(H,22,24). The molecular formula is C18H18F3NO2. The lowest BCUT2D eigenvalue weighted by Gasteiger charge is -2.17. The highest BCUT2D eigenvalue weighted by Gasteiger charge is 2.26. The highest BCUT2D eigenvalue weighted by Crippen LogP contribution is 2.22. The van der Waals surface area contributed by atoms with Gasteiger partial charge >= 0.3 is 6.18 Å². The van der Waals surface area contributed by atoms with Crippen molar-refractivity contribution < 1.29 is 23.1 Å². The molecule has 2 aromatic rings. The zero-order chi connectivity index (χ0) is 17.6. The molecule has 3 nitrogen and oxygen atoms in total. The number of hydrogen-bond donors (Lipinski definition) is 2. The third kappa shape index (κ3) is 5.38. The molecule has 0 aliphatic heterocycles. The third-order valence-electron chi connectivity index (χ3n) is 3.60. The van der Waals surface area contributed by atoms with Gasteiger partial charge in [-0.2, -0.15) is 13.2 Å². The molecule has 0 aliphatic rings. The summed E-state index contributed by atoms with van der Waals surface area (Å²) in [5.74, 6) is -0.389. The van der Waals surface area contributed by atoms with E-state index >= 15 is 0 Å². The Labute approximate surface area is 138 Å². The van der Waals surface area contributed by atoms with Crippen LogP contribution in [0.5, 0.6) is 0 Å². The molecule has 2 rings (SSSR count). The Bertz CT molecular complexity index is 654. The van der Waals surface area contributed by atoms with Gasteiger partial charge in [0, 0.05) is 12.0 Å². The van der Waals surface area contributed by atoms with Gasteiger partial charge in [-0.3, -0.25) is 4.79 Å². The molecule has 2 N–H and O–H groups in total. The van der Waals surface area contributed by atoms with Gasteiger partial charge in [0.1, 0.15) is 0 Å². The minimum absolute atomic E-state index is 0.116. The molecule has 6 heteroatoms. The van der Waals surface area contributed by atoms with Crippen LogP contribution in [-0.4, -0.2) is 23.8 Å². The van der Waals surface area contributed by atoms with Crippen LogP contribution >= 0.6 is 0 Å². The van der Waals surface area contributed by atoms with Crippen LogP contribution in [-0.2, 0) is 6.42 Å². The second-order valence-corrected chi connectivity index (χ2v) is 5.43. The fraction of sp³-hybridized carbons (Fsp3) is 0.278. The molecule has 0 radical (unpaired) electrons. The normalized spacial score (nSPS) is 12.7. The summed E-state index contributed by atoms with van der Waals surface area (Å²) in [6, 6.07) is 14.5. The third-order valence-corrected chi connectivity index (χ3v) is 3.60. The van der Waals surface area contributed by atoms with E-state index in [-0.39, 0.29) is 18.9 Å². The topological polar surface area (TPSA) is 49.3 Å². The first-order valence-corrected chi connectivity index (χ1v) is 7.51. The Morgan fingerprint density at radius 3 is 2.21 bits per heavy atom. The largest absolute Gasteiger partial charge is 0.394 e. The van der Waals surface area contributed by atoms with Crippen LogP contribution in [0.4, 0.5) is 13.2 Å². The van der Waals surface area contributed by atoms with Gasteiger partial charge in [0.15, 0.2) is 0 Å². The Hall–Kier alpha value is -2.34. The molecule has 0 saturated carbocycles. The summed E-state index contributed by atoms with van der Waals surface area (Å²) < 4.78 is 36.6. The Kier molecular flexibility index (Phi) is 5.98. The monoisotopic (exact) mass is 337 g/mol. The maximum absolute atomic E-state index is 12.2. The lowest BCUT2D eigenvalue weighted by Crippen LogP contribution is -2.30. The van der Waals surface area contributed by atoms with E-state index in [1.54, 1.807) is 24.3 Å². The van der Waals surface area contributed by atoms with Crippen molar-refractivity contribution >= 4 is 5.91 Å². The van der Waals surface area contributed by atoms with Crippen molar-refractivity contribution in [1.29, 1.82) is 0 Å². The van der Waals surface area contributed by atoms with E-state index in [9.17, 15) is 23.1 Å². The van der Waals surface area contributed by atoms with E-state index in [4.69, 9.17) is 0 Å². The molecule has 0 aromatic heterocycles. The van der Waals surface area contributed by atoms with Gasteiger partial charge in [0.2, 0.25) is 0 Å². The zero-order valence-corrected chi connectivity index (χ0v) is 12.9. The number of hydrogen-bond acceptors (Lipinski definition) is 2. The average molecular weight is 337 g/mol. The first kappa shape index (κ1) is 18.0. The molecule has 0 bridgehead atoms. The maximum Gasteiger partial charge on any atom is 0.389 e. The molecule has 0 fully saturated rings. The van der Waals surface area contributed by atoms with Crippen molar-refractivity contribution in [2.45, 2.75) is 25.1 Å². The molecular weight excluding hydrogens is 319 g/mol. The number of rotatable bonds is 6. The number of halogens is 3. The molecule has 128 valence electrons. The average Bonchev–Trinajstić information content (AvgIpc) is 2.58. The number of aliphatic hydroxyl groups is 1. The van der Waals surface area contributed by atoms with E-state index < -0.39 is 18.6 Å². The Morgan fingerprint density at radius 2 is 1.67 bits per heavy atom. The Balaban J connectivity index is 1.99. The van der Waals surface area contributed by atoms with Gasteiger partial charge < -0.3 is 10.4 Å². The van der Waals surface area contributed by atoms with Gasteiger partial charge in [-0.25, -0.2) is 0 Å². The van der Waals surface area contributed by atoms with Crippen molar-refractivity contribution in [1.82, 2.24) is 5.32 Å². The van der Waals surface area contributed by atoms with Crippen LogP contribution in [0.15, 0.2) is 54.6 Å². The van der Waals surface area contributed by atoms with E-state index in [2.05, 4.69) is 5.32 Å². The smallest absolute Gasteiger partial charge is 0.389 e. The number of aliphatic hydroxyl groups excluding tert-OH is 1. The van der Waals surface area contributed by atoms with Gasteiger partial charge in [0.25, 0.3) is 5.91 Å². The first-order chi connectivity index (χ1) is 11.4. The minimum atomic E-state index is -4.19. The predicted molar refractivity (Wildman–Crippen MR) is 84.6 cm³/mol. The van der Waals surface area contributed by atoms with E-state index in [1.807, 2.05) is 6.07 Å². The molecule has 0 saturated heterocycles. The molecule has 0 heterocycles. The van der Waals surface area contributed by atoms with Crippen LogP contribution in [0.1, 0.15) is 33.9 Å². The van der Waals surface area contributed by atoms with Gasteiger partial charge in [-0.15, -0.1) is 0 Å². The summed E-state index contributed by atoms with van der Waals surface area (Å²) in [7, 11) is 0. The molecule has 1 unspecified atom stereocenters. The number of nitrogens with one attached hydrogen (secondary N) is 1. The van der Waals surface area contributed by atoms with Crippen molar-refractivity contribution in [3.63, 3.8) is 0 Å². The second kappa shape index (κ2) is 7.97. The quantitative estimate of drug-likeness (QED) is 0.845. The molecule has 2 aromatic carbocycles. The summed E-state index contributed by atoms with van der Waals surface area (Å²) >= 11 is 0. The lowest BCUT2D eigenvalue weighted by molar-refractivity contribution is -0.134. The number of carbonyl (C=O) groups is 1. The molecule has 0 spiro atoms. The number of amides is 1. The van der Waals surface area contributed by atoms with E-state index in [0.29, 0.717) is 11.1 Å². The van der Waals surface area contributed by atoms with Gasteiger partial charge in [-0.05, 0) is 29.7 Å². The number of aryl methyl sites for hydroxylation is 1. The summed E-state index contributed by atoms with van der Waals surface area (Å²) in [6.45, 7) is -0.251. The van der Waals surface area contributed by atoms with Crippen LogP contribution < -0.4 is 5.32 Å². The van der Waals surface area contributed by atoms with Crippen LogP contribution in [0.25, 0.3) is 0 Å².